The van der Waals surface area contributed by atoms with Gasteiger partial charge in [0, 0.05) is 5.92 Å². The maximum Gasteiger partial charge on any atom is 0.310 e. The van der Waals surface area contributed by atoms with Gasteiger partial charge in [-0.2, -0.15) is 0 Å². The Bertz CT molecular complexity index is 342. The van der Waals surface area contributed by atoms with Crippen LogP contribution in [0.5, 0.6) is 0 Å². The summed E-state index contributed by atoms with van der Waals surface area (Å²) in [7, 11) is 0. The summed E-state index contributed by atoms with van der Waals surface area (Å²) in [6.07, 6.45) is 1.87. The van der Waals surface area contributed by atoms with E-state index in [1.165, 1.54) is 0 Å². The zero-order chi connectivity index (χ0) is 10.7. The number of ether oxygens (including phenoxy) is 1. The number of fused-ring (bicyclic) bond motifs is 1. The van der Waals surface area contributed by atoms with Gasteiger partial charge in [0.2, 0.25) is 0 Å². The topological polar surface area (TPSA) is 63.6 Å². The van der Waals surface area contributed by atoms with Crippen molar-refractivity contribution in [3.05, 3.63) is 0 Å². The molecule has 4 aliphatic rings. The van der Waals surface area contributed by atoms with Gasteiger partial charge in [0.05, 0.1) is 15.8 Å². The van der Waals surface area contributed by atoms with Crippen LogP contribution in [-0.2, 0) is 14.3 Å². The van der Waals surface area contributed by atoms with Crippen LogP contribution in [0.1, 0.15) is 12.8 Å². The van der Waals surface area contributed by atoms with Gasteiger partial charge in [-0.15, -0.1) is 0 Å². The van der Waals surface area contributed by atoms with Crippen molar-refractivity contribution in [1.82, 2.24) is 0 Å². The molecule has 15 heavy (non-hydrogen) atoms. The van der Waals surface area contributed by atoms with E-state index < -0.39 is 11.9 Å². The summed E-state index contributed by atoms with van der Waals surface area (Å²) in [5.74, 6) is -1.69. The SMILES string of the molecule is O=C(O)C1C2CCC3C(OC(=O)C31)C2I. The average Bonchev–Trinajstić information content (AvgIpc) is 2.49. The van der Waals surface area contributed by atoms with E-state index in [2.05, 4.69) is 22.6 Å². The minimum atomic E-state index is -0.825. The molecular formula is C10H11IO4. The molecule has 4 bridgehead atoms. The fourth-order valence-electron chi connectivity index (χ4n) is 3.51. The van der Waals surface area contributed by atoms with Gasteiger partial charge in [0.1, 0.15) is 6.10 Å². The molecule has 1 heterocycles. The molecule has 0 radical (unpaired) electrons. The van der Waals surface area contributed by atoms with Crippen LogP contribution in [-0.4, -0.2) is 27.1 Å². The molecule has 4 rings (SSSR count). The largest absolute Gasteiger partial charge is 0.481 e. The highest BCUT2D eigenvalue weighted by Crippen LogP contribution is 2.56. The third-order valence-electron chi connectivity index (χ3n) is 4.10. The highest BCUT2D eigenvalue weighted by molar-refractivity contribution is 14.1. The van der Waals surface area contributed by atoms with Crippen molar-refractivity contribution in [3.63, 3.8) is 0 Å². The second-order valence-corrected chi connectivity index (χ2v) is 6.08. The van der Waals surface area contributed by atoms with Crippen LogP contribution in [0.25, 0.3) is 0 Å². The molecule has 3 aliphatic carbocycles. The second kappa shape index (κ2) is 3.09. The van der Waals surface area contributed by atoms with E-state index in [1.807, 2.05) is 0 Å². The van der Waals surface area contributed by atoms with Gasteiger partial charge < -0.3 is 9.84 Å². The van der Waals surface area contributed by atoms with Crippen molar-refractivity contribution < 1.29 is 19.4 Å². The summed E-state index contributed by atoms with van der Waals surface area (Å²) < 4.78 is 5.49. The lowest BCUT2D eigenvalue weighted by Gasteiger charge is -2.45. The molecule has 6 atom stereocenters. The fraction of sp³-hybridized carbons (Fsp3) is 0.800. The minimum absolute atomic E-state index is 0.0163. The van der Waals surface area contributed by atoms with Gasteiger partial charge in [0.15, 0.2) is 0 Å². The number of halogens is 1. The Kier molecular flexibility index (Phi) is 2.03. The van der Waals surface area contributed by atoms with Crippen LogP contribution in [0, 0.1) is 23.7 Å². The Morgan fingerprint density at radius 1 is 1.40 bits per heavy atom. The Balaban J connectivity index is 2.05. The number of hydrogen-bond acceptors (Lipinski definition) is 3. The van der Waals surface area contributed by atoms with Crippen molar-refractivity contribution in [1.29, 1.82) is 0 Å². The van der Waals surface area contributed by atoms with E-state index in [0.717, 1.165) is 12.8 Å². The highest BCUT2D eigenvalue weighted by atomic mass is 127. The van der Waals surface area contributed by atoms with Crippen LogP contribution >= 0.6 is 22.6 Å². The first-order chi connectivity index (χ1) is 7.11. The molecule has 4 fully saturated rings. The van der Waals surface area contributed by atoms with Crippen LogP contribution in [0.15, 0.2) is 0 Å². The second-order valence-electron chi connectivity index (χ2n) is 4.64. The Hall–Kier alpha value is -0.330. The summed E-state index contributed by atoms with van der Waals surface area (Å²) in [4.78, 5) is 22.8. The number of carboxylic acids is 1. The van der Waals surface area contributed by atoms with Crippen LogP contribution < -0.4 is 0 Å². The van der Waals surface area contributed by atoms with E-state index in [9.17, 15) is 14.7 Å². The standard InChI is InChI=1S/C10H11IO4/c11-7-3-1-2-4-6(5(3)9(12)13)10(14)15-8(4)7/h3-8H,1-2H2,(H,12,13). The Morgan fingerprint density at radius 3 is 2.73 bits per heavy atom. The predicted molar refractivity (Wildman–Crippen MR) is 58.5 cm³/mol. The molecule has 1 N–H and O–H groups in total. The van der Waals surface area contributed by atoms with Gasteiger partial charge in [0.25, 0.3) is 0 Å². The third kappa shape index (κ3) is 1.13. The number of rotatable bonds is 1. The van der Waals surface area contributed by atoms with Crippen molar-refractivity contribution in [2.45, 2.75) is 22.9 Å². The number of carbonyl (C=O) groups excluding carboxylic acids is 1. The molecule has 0 aromatic rings. The number of aliphatic carboxylic acids is 1. The number of carbonyl (C=O) groups is 2. The summed E-state index contributed by atoms with van der Waals surface area (Å²) in [5.41, 5.74) is 0. The monoisotopic (exact) mass is 322 g/mol. The van der Waals surface area contributed by atoms with E-state index in [1.54, 1.807) is 0 Å². The molecule has 82 valence electrons. The zero-order valence-electron chi connectivity index (χ0n) is 7.93. The van der Waals surface area contributed by atoms with Crippen molar-refractivity contribution in [2.24, 2.45) is 23.7 Å². The Labute approximate surface area is 100 Å². The Morgan fingerprint density at radius 2 is 2.07 bits per heavy atom. The first kappa shape index (κ1) is 9.86. The average molecular weight is 322 g/mol. The highest BCUT2D eigenvalue weighted by Gasteiger charge is 2.64. The third-order valence-corrected chi connectivity index (χ3v) is 5.73. The molecule has 0 aromatic carbocycles. The molecule has 6 unspecified atom stereocenters. The molecular weight excluding hydrogens is 311 g/mol. The normalized spacial score (nSPS) is 51.7. The van der Waals surface area contributed by atoms with E-state index in [-0.39, 0.29) is 33.8 Å². The molecule has 1 aliphatic heterocycles. The summed E-state index contributed by atoms with van der Waals surface area (Å²) in [6.45, 7) is 0. The lowest BCUT2D eigenvalue weighted by atomic mass is 9.59. The maximum atomic E-state index is 11.6. The van der Waals surface area contributed by atoms with Gasteiger partial charge in [-0.1, -0.05) is 22.6 Å². The molecule has 0 aromatic heterocycles. The molecule has 4 nitrogen and oxygen atoms in total. The van der Waals surface area contributed by atoms with E-state index in [4.69, 9.17) is 4.74 Å². The molecule has 1 saturated heterocycles. The maximum absolute atomic E-state index is 11.6. The molecule has 0 spiro atoms. The first-order valence-electron chi connectivity index (χ1n) is 5.18. The number of hydrogen-bond donors (Lipinski definition) is 1. The fourth-order valence-corrected chi connectivity index (χ4v) is 4.99. The minimum Gasteiger partial charge on any atom is -0.481 e. The van der Waals surface area contributed by atoms with Gasteiger partial charge in [-0.05, 0) is 18.8 Å². The van der Waals surface area contributed by atoms with Gasteiger partial charge in [-0.25, -0.2) is 0 Å². The number of esters is 1. The smallest absolute Gasteiger partial charge is 0.310 e. The van der Waals surface area contributed by atoms with Crippen LogP contribution in [0.2, 0.25) is 0 Å². The van der Waals surface area contributed by atoms with Gasteiger partial charge >= 0.3 is 11.9 Å². The lowest BCUT2D eigenvalue weighted by Crippen LogP contribution is -2.53. The van der Waals surface area contributed by atoms with Gasteiger partial charge in [-0.3, -0.25) is 9.59 Å². The van der Waals surface area contributed by atoms with Crippen LogP contribution in [0.3, 0.4) is 0 Å². The summed E-state index contributed by atoms with van der Waals surface area (Å²) in [6, 6.07) is 0. The van der Waals surface area contributed by atoms with Crippen LogP contribution in [0.4, 0.5) is 0 Å². The number of alkyl halides is 1. The molecule has 0 amide bonds. The summed E-state index contributed by atoms with van der Waals surface area (Å²) >= 11 is 2.26. The number of carboxylic acid groups (broad SMARTS) is 1. The van der Waals surface area contributed by atoms with Crippen molar-refractivity contribution in [3.8, 4) is 0 Å². The quantitative estimate of drug-likeness (QED) is 0.446. The zero-order valence-corrected chi connectivity index (χ0v) is 10.1. The van der Waals surface area contributed by atoms with E-state index in [0.29, 0.717) is 0 Å². The summed E-state index contributed by atoms with van der Waals surface area (Å²) in [5, 5.41) is 9.20. The lowest BCUT2D eigenvalue weighted by molar-refractivity contribution is -0.154. The van der Waals surface area contributed by atoms with Crippen molar-refractivity contribution in [2.75, 3.05) is 0 Å². The first-order valence-corrected chi connectivity index (χ1v) is 6.43. The molecule has 5 heteroatoms. The van der Waals surface area contributed by atoms with E-state index >= 15 is 0 Å². The van der Waals surface area contributed by atoms with Crippen molar-refractivity contribution >= 4 is 34.5 Å². The molecule has 3 saturated carbocycles. The predicted octanol–water partition coefficient (Wildman–Crippen LogP) is 1.07.